The minimum atomic E-state index is -0.352. The summed E-state index contributed by atoms with van der Waals surface area (Å²) in [6, 6.07) is 6.84. The number of likely N-dealkylation sites (tertiary alicyclic amines) is 1. The molecule has 0 aromatic heterocycles. The minimum absolute atomic E-state index is 0.105. The van der Waals surface area contributed by atoms with E-state index in [1.807, 2.05) is 6.07 Å². The molecule has 2 heterocycles. The van der Waals surface area contributed by atoms with Crippen molar-refractivity contribution in [1.82, 2.24) is 0 Å². The van der Waals surface area contributed by atoms with Gasteiger partial charge in [0.25, 0.3) is 5.91 Å². The summed E-state index contributed by atoms with van der Waals surface area (Å²) in [7, 11) is 0. The predicted octanol–water partition coefficient (Wildman–Crippen LogP) is -0.139. The average molecular weight is 381 g/mol. The van der Waals surface area contributed by atoms with Gasteiger partial charge < -0.3 is 10.6 Å². The number of imide groups is 1. The summed E-state index contributed by atoms with van der Waals surface area (Å²) in [6.07, 6.45) is 1.58. The lowest BCUT2D eigenvalue weighted by molar-refractivity contribution is -0.920. The Bertz CT molecular complexity index is 656. The Morgan fingerprint density at radius 1 is 1.26 bits per heavy atom. The second kappa shape index (κ2) is 6.41. The van der Waals surface area contributed by atoms with Gasteiger partial charge in [0.05, 0.1) is 25.2 Å². The van der Waals surface area contributed by atoms with E-state index in [0.717, 1.165) is 9.37 Å². The van der Waals surface area contributed by atoms with Crippen LogP contribution in [0, 0.1) is 5.92 Å². The highest BCUT2D eigenvalue weighted by atomic mass is 79.9. The Labute approximate surface area is 142 Å². The number of piperidine rings is 1. The Kier molecular flexibility index (Phi) is 4.50. The zero-order valence-electron chi connectivity index (χ0n) is 12.6. The quantitative estimate of drug-likeness (QED) is 0.715. The summed E-state index contributed by atoms with van der Waals surface area (Å²) < 4.78 is 0.827. The molecule has 23 heavy (non-hydrogen) atoms. The summed E-state index contributed by atoms with van der Waals surface area (Å²) in [5.41, 5.74) is 5.95. The van der Waals surface area contributed by atoms with E-state index in [9.17, 15) is 14.4 Å². The Balaban J connectivity index is 1.73. The van der Waals surface area contributed by atoms with Crippen LogP contribution in [-0.2, 0) is 14.4 Å². The standard InChI is InChI=1S/C16H18BrN3O3/c17-11-2-1-3-12(8-11)20-14(21)9-13(16(20)23)19-6-4-10(5-7-19)15(18)22/h1-3,8,10,13H,4-7,9H2,(H2,18,22)/p+1/t13-/m0/s1. The van der Waals surface area contributed by atoms with Gasteiger partial charge in [0.15, 0.2) is 6.04 Å². The van der Waals surface area contributed by atoms with Crippen molar-refractivity contribution in [3.63, 3.8) is 0 Å². The molecule has 2 aliphatic rings. The van der Waals surface area contributed by atoms with Gasteiger partial charge in [-0.3, -0.25) is 14.4 Å². The van der Waals surface area contributed by atoms with Gasteiger partial charge in [0.1, 0.15) is 0 Å². The Hall–Kier alpha value is -1.73. The van der Waals surface area contributed by atoms with Crippen molar-refractivity contribution in [2.24, 2.45) is 11.7 Å². The molecule has 0 aliphatic carbocycles. The third kappa shape index (κ3) is 3.16. The van der Waals surface area contributed by atoms with Crippen LogP contribution in [0.2, 0.25) is 0 Å². The number of halogens is 1. The zero-order chi connectivity index (χ0) is 16.6. The summed E-state index contributed by atoms with van der Waals surface area (Å²) in [5, 5.41) is 0. The van der Waals surface area contributed by atoms with Crippen molar-refractivity contribution in [3.8, 4) is 0 Å². The van der Waals surface area contributed by atoms with Crippen molar-refractivity contribution in [2.75, 3.05) is 18.0 Å². The number of carbonyl (C=O) groups is 3. The van der Waals surface area contributed by atoms with Crippen LogP contribution in [0.25, 0.3) is 0 Å². The van der Waals surface area contributed by atoms with Crippen LogP contribution < -0.4 is 15.5 Å². The maximum absolute atomic E-state index is 12.7. The van der Waals surface area contributed by atoms with Gasteiger partial charge in [0, 0.05) is 23.2 Å². The van der Waals surface area contributed by atoms with Crippen molar-refractivity contribution < 1.29 is 19.3 Å². The molecule has 7 heteroatoms. The van der Waals surface area contributed by atoms with Crippen LogP contribution in [0.1, 0.15) is 19.3 Å². The molecule has 3 N–H and O–H groups in total. The molecule has 1 aromatic rings. The number of hydrogen-bond donors (Lipinski definition) is 2. The number of nitrogens with zero attached hydrogens (tertiary/aromatic N) is 1. The fraction of sp³-hybridized carbons (Fsp3) is 0.438. The van der Waals surface area contributed by atoms with Gasteiger partial charge in [-0.05, 0) is 18.2 Å². The van der Waals surface area contributed by atoms with Crippen molar-refractivity contribution in [3.05, 3.63) is 28.7 Å². The van der Waals surface area contributed by atoms with E-state index in [1.165, 1.54) is 4.90 Å². The summed E-state index contributed by atoms with van der Waals surface area (Å²) >= 11 is 3.36. The number of quaternary nitrogens is 1. The number of nitrogens with two attached hydrogens (primary N) is 1. The largest absolute Gasteiger partial charge is 0.369 e. The van der Waals surface area contributed by atoms with E-state index >= 15 is 0 Å². The molecule has 2 fully saturated rings. The maximum Gasteiger partial charge on any atom is 0.292 e. The lowest BCUT2D eigenvalue weighted by Gasteiger charge is -2.30. The zero-order valence-corrected chi connectivity index (χ0v) is 14.2. The first-order valence-electron chi connectivity index (χ1n) is 7.73. The maximum atomic E-state index is 12.7. The van der Waals surface area contributed by atoms with E-state index < -0.39 is 0 Å². The molecule has 0 spiro atoms. The highest BCUT2D eigenvalue weighted by Crippen LogP contribution is 2.25. The normalized spacial score (nSPS) is 28.2. The Morgan fingerprint density at radius 3 is 2.57 bits per heavy atom. The summed E-state index contributed by atoms with van der Waals surface area (Å²) in [5.74, 6) is -0.691. The first kappa shape index (κ1) is 16.1. The Morgan fingerprint density at radius 2 is 1.96 bits per heavy atom. The van der Waals surface area contributed by atoms with Crippen molar-refractivity contribution in [1.29, 1.82) is 0 Å². The van der Waals surface area contributed by atoms with Crippen LogP contribution in [-0.4, -0.2) is 36.9 Å². The van der Waals surface area contributed by atoms with Gasteiger partial charge in [-0.2, -0.15) is 0 Å². The number of primary amides is 1. The van der Waals surface area contributed by atoms with Crippen LogP contribution in [0.15, 0.2) is 28.7 Å². The van der Waals surface area contributed by atoms with E-state index in [4.69, 9.17) is 5.73 Å². The topological polar surface area (TPSA) is 84.9 Å². The molecular weight excluding hydrogens is 362 g/mol. The van der Waals surface area contributed by atoms with Gasteiger partial charge in [-0.15, -0.1) is 0 Å². The molecule has 0 radical (unpaired) electrons. The van der Waals surface area contributed by atoms with E-state index in [0.29, 0.717) is 31.6 Å². The molecule has 3 amide bonds. The first-order chi connectivity index (χ1) is 11.0. The van der Waals surface area contributed by atoms with Crippen molar-refractivity contribution in [2.45, 2.75) is 25.3 Å². The van der Waals surface area contributed by atoms with Crippen LogP contribution >= 0.6 is 15.9 Å². The summed E-state index contributed by atoms with van der Waals surface area (Å²) in [4.78, 5) is 38.7. The van der Waals surface area contributed by atoms with Gasteiger partial charge in [-0.25, -0.2) is 4.90 Å². The average Bonchev–Trinajstić information content (AvgIpc) is 2.82. The van der Waals surface area contributed by atoms with Gasteiger partial charge in [0.2, 0.25) is 11.8 Å². The van der Waals surface area contributed by atoms with Gasteiger partial charge in [-0.1, -0.05) is 22.0 Å². The molecule has 6 nitrogen and oxygen atoms in total. The lowest BCUT2D eigenvalue weighted by atomic mass is 9.95. The minimum Gasteiger partial charge on any atom is -0.369 e. The first-order valence-corrected chi connectivity index (χ1v) is 8.53. The number of nitrogens with one attached hydrogen (secondary N) is 1. The SMILES string of the molecule is NC(=O)C1CC[NH+]([C@H]2CC(=O)N(c3cccc(Br)c3)C2=O)CC1. The number of anilines is 1. The molecule has 0 unspecified atom stereocenters. The molecule has 3 rings (SSSR count). The van der Waals surface area contributed by atoms with E-state index in [1.54, 1.807) is 18.2 Å². The lowest BCUT2D eigenvalue weighted by Crippen LogP contribution is -3.17. The number of amides is 3. The number of rotatable bonds is 3. The van der Waals surface area contributed by atoms with E-state index in [-0.39, 0.29) is 36.1 Å². The van der Waals surface area contributed by atoms with Crippen LogP contribution in [0.4, 0.5) is 5.69 Å². The second-order valence-corrected chi connectivity index (χ2v) is 7.05. The smallest absolute Gasteiger partial charge is 0.292 e. The molecule has 2 aliphatic heterocycles. The van der Waals surface area contributed by atoms with Gasteiger partial charge >= 0.3 is 0 Å². The monoisotopic (exact) mass is 380 g/mol. The third-order valence-corrected chi connectivity index (χ3v) is 5.23. The number of carbonyl (C=O) groups excluding carboxylic acids is 3. The third-order valence-electron chi connectivity index (χ3n) is 4.74. The number of benzene rings is 1. The molecule has 2 saturated heterocycles. The fourth-order valence-corrected chi connectivity index (χ4v) is 3.85. The van der Waals surface area contributed by atoms with Crippen molar-refractivity contribution >= 4 is 39.3 Å². The molecular formula is C16H19BrN3O3+. The van der Waals surface area contributed by atoms with E-state index in [2.05, 4.69) is 15.9 Å². The predicted molar refractivity (Wildman–Crippen MR) is 87.7 cm³/mol. The molecule has 122 valence electrons. The highest BCUT2D eigenvalue weighted by molar-refractivity contribution is 9.10. The van der Waals surface area contributed by atoms with Crippen LogP contribution in [0.3, 0.4) is 0 Å². The highest BCUT2D eigenvalue weighted by Gasteiger charge is 2.46. The summed E-state index contributed by atoms with van der Waals surface area (Å²) in [6.45, 7) is 1.40. The van der Waals surface area contributed by atoms with Crippen LogP contribution in [0.5, 0.6) is 0 Å². The molecule has 0 bridgehead atoms. The fourth-order valence-electron chi connectivity index (χ4n) is 3.46. The molecule has 1 atom stereocenters. The second-order valence-electron chi connectivity index (χ2n) is 6.14. The molecule has 0 saturated carbocycles. The molecule has 1 aromatic carbocycles. The number of hydrogen-bond acceptors (Lipinski definition) is 3.